The van der Waals surface area contributed by atoms with Gasteiger partial charge in [0, 0.05) is 30.1 Å². The maximum Gasteiger partial charge on any atom is 0.269 e. The molecule has 0 unspecified atom stereocenters. The third-order valence-electron chi connectivity index (χ3n) is 6.38. The lowest BCUT2D eigenvalue weighted by Crippen LogP contribution is -2.57. The fourth-order valence-electron chi connectivity index (χ4n) is 3.96. The number of nitrogens with zero attached hydrogens (tertiary/aromatic N) is 2. The Hall–Kier alpha value is -4.66. The Labute approximate surface area is 259 Å². The van der Waals surface area contributed by atoms with Crippen molar-refractivity contribution in [3.05, 3.63) is 75.3 Å². The number of nitro groups is 1. The first-order chi connectivity index (χ1) is 21.0. The molecule has 232 valence electrons. The molecular formula is C27H30N8O7S2. The molecule has 8 N–H and O–H groups in total. The predicted molar refractivity (Wildman–Crippen MR) is 163 cm³/mol. The number of hydrogen-bond acceptors (Lipinski definition) is 11. The van der Waals surface area contributed by atoms with Gasteiger partial charge in [0.05, 0.1) is 29.1 Å². The third-order valence-corrected chi connectivity index (χ3v) is 8.80. The lowest BCUT2D eigenvalue weighted by molar-refractivity contribution is -0.384. The molecule has 5 amide bonds. The van der Waals surface area contributed by atoms with Crippen molar-refractivity contribution in [1.82, 2.24) is 21.3 Å². The van der Waals surface area contributed by atoms with Crippen LogP contribution in [0.15, 0.2) is 48.5 Å². The average Bonchev–Trinajstić information content (AvgIpc) is 3.00. The smallest absolute Gasteiger partial charge is 0.269 e. The Morgan fingerprint density at radius 2 is 1.66 bits per heavy atom. The van der Waals surface area contributed by atoms with Gasteiger partial charge in [0.1, 0.15) is 18.1 Å². The SMILES string of the molecule is N#Cc1ccc(C[C@H](N)C(=O)N[C@@H]2CSSC[C@H](C(N)=O)NC(=O)[C@H](Cc3ccc([N+](=O)[O-])cc3)NC(=O)CNC2=O)cc1. The van der Waals surface area contributed by atoms with E-state index in [0.29, 0.717) is 16.7 Å². The number of carbonyl (C=O) groups excluding carboxylic acids is 5. The van der Waals surface area contributed by atoms with Crippen molar-refractivity contribution in [1.29, 1.82) is 5.26 Å². The summed E-state index contributed by atoms with van der Waals surface area (Å²) in [6, 6.07) is 9.48. The first kappa shape index (κ1) is 33.8. The van der Waals surface area contributed by atoms with Gasteiger partial charge in [-0.05, 0) is 29.7 Å². The third kappa shape index (κ3) is 10.3. The fraction of sp³-hybridized carbons (Fsp3) is 0.333. The van der Waals surface area contributed by atoms with Crippen LogP contribution in [-0.4, -0.2) is 76.7 Å². The molecule has 2 aromatic rings. The number of nitriles is 1. The van der Waals surface area contributed by atoms with E-state index >= 15 is 0 Å². The summed E-state index contributed by atoms with van der Waals surface area (Å²) >= 11 is 0. The van der Waals surface area contributed by atoms with Crippen LogP contribution in [0.25, 0.3) is 0 Å². The molecule has 4 atom stereocenters. The summed E-state index contributed by atoms with van der Waals surface area (Å²) in [5, 5.41) is 30.0. The lowest BCUT2D eigenvalue weighted by atomic mass is 10.0. The zero-order chi connectivity index (χ0) is 32.2. The summed E-state index contributed by atoms with van der Waals surface area (Å²) in [4.78, 5) is 74.2. The monoisotopic (exact) mass is 642 g/mol. The minimum atomic E-state index is -1.21. The molecule has 15 nitrogen and oxygen atoms in total. The topological polar surface area (TPSA) is 252 Å². The highest BCUT2D eigenvalue weighted by Crippen LogP contribution is 2.23. The van der Waals surface area contributed by atoms with E-state index in [1.165, 1.54) is 24.3 Å². The van der Waals surface area contributed by atoms with Crippen molar-refractivity contribution in [2.24, 2.45) is 11.5 Å². The number of non-ortho nitro benzene ring substituents is 1. The second-order valence-corrected chi connectivity index (χ2v) is 12.2. The van der Waals surface area contributed by atoms with Crippen LogP contribution in [0.1, 0.15) is 16.7 Å². The van der Waals surface area contributed by atoms with Gasteiger partial charge < -0.3 is 32.7 Å². The van der Waals surface area contributed by atoms with Crippen LogP contribution in [0, 0.1) is 21.4 Å². The van der Waals surface area contributed by atoms with Crippen molar-refractivity contribution in [3.8, 4) is 6.07 Å². The predicted octanol–water partition coefficient (Wildman–Crippen LogP) is -0.970. The van der Waals surface area contributed by atoms with Crippen LogP contribution in [-0.2, 0) is 36.8 Å². The zero-order valence-corrected chi connectivity index (χ0v) is 24.8. The van der Waals surface area contributed by atoms with E-state index in [4.69, 9.17) is 16.7 Å². The molecule has 0 aromatic heterocycles. The zero-order valence-electron chi connectivity index (χ0n) is 23.2. The van der Waals surface area contributed by atoms with Crippen molar-refractivity contribution in [2.45, 2.75) is 37.0 Å². The van der Waals surface area contributed by atoms with E-state index < -0.39 is 65.2 Å². The van der Waals surface area contributed by atoms with Crippen molar-refractivity contribution >= 4 is 56.8 Å². The van der Waals surface area contributed by atoms with Gasteiger partial charge in [0.25, 0.3) is 5.69 Å². The molecule has 44 heavy (non-hydrogen) atoms. The van der Waals surface area contributed by atoms with Crippen molar-refractivity contribution in [2.75, 3.05) is 18.1 Å². The number of benzene rings is 2. The van der Waals surface area contributed by atoms with Crippen molar-refractivity contribution < 1.29 is 28.9 Å². The van der Waals surface area contributed by atoms with Crippen LogP contribution >= 0.6 is 21.6 Å². The van der Waals surface area contributed by atoms with Gasteiger partial charge in [-0.3, -0.25) is 34.1 Å². The number of carbonyl (C=O) groups is 5. The van der Waals surface area contributed by atoms with Crippen LogP contribution in [0.5, 0.6) is 0 Å². The number of primary amides is 1. The highest BCUT2D eigenvalue weighted by atomic mass is 33.1. The Morgan fingerprint density at radius 1 is 1.02 bits per heavy atom. The maximum atomic E-state index is 13.1. The molecule has 1 saturated heterocycles. The summed E-state index contributed by atoms with van der Waals surface area (Å²) < 4.78 is 0. The van der Waals surface area contributed by atoms with E-state index in [-0.39, 0.29) is 30.0 Å². The van der Waals surface area contributed by atoms with Gasteiger partial charge in [0.2, 0.25) is 29.5 Å². The number of nitrogens with two attached hydrogens (primary N) is 2. The number of nitro benzene ring substituents is 1. The number of hydrogen-bond donors (Lipinski definition) is 6. The van der Waals surface area contributed by atoms with Crippen LogP contribution < -0.4 is 32.7 Å². The summed E-state index contributed by atoms with van der Waals surface area (Å²) in [7, 11) is 2.28. The first-order valence-electron chi connectivity index (χ1n) is 13.2. The first-order valence-corrected chi connectivity index (χ1v) is 15.6. The van der Waals surface area contributed by atoms with Gasteiger partial charge in [0.15, 0.2) is 0 Å². The second kappa shape index (κ2) is 16.3. The van der Waals surface area contributed by atoms with E-state index in [1.54, 1.807) is 24.3 Å². The van der Waals surface area contributed by atoms with E-state index in [1.807, 2.05) is 6.07 Å². The van der Waals surface area contributed by atoms with E-state index in [9.17, 15) is 34.1 Å². The second-order valence-electron chi connectivity index (χ2n) is 9.68. The summed E-state index contributed by atoms with van der Waals surface area (Å²) in [5.41, 5.74) is 13.1. The normalized spacial score (nSPS) is 20.5. The summed E-state index contributed by atoms with van der Waals surface area (Å²) in [5.74, 6) is -3.51. The molecule has 1 heterocycles. The van der Waals surface area contributed by atoms with Gasteiger partial charge in [-0.2, -0.15) is 5.26 Å². The standard InChI is InChI=1S/C27H30N8O7S2/c28-11-17-3-1-15(2-4-17)9-19(29)25(38)34-22-14-44-43-13-21(24(30)37)33-27(40)20(32-23(36)12-31-26(22)39)10-16-5-7-18(8-6-16)35(41)42/h1-8,19-22H,9-10,12-14,29H2,(H2,30,37)(H,31,39)(H,32,36)(H,33,40)(H,34,38)/t19-,20-,21+,22+/m0/s1. The summed E-state index contributed by atoms with van der Waals surface area (Å²) in [6.45, 7) is -0.538. The molecule has 0 saturated carbocycles. The van der Waals surface area contributed by atoms with Crippen LogP contribution in [0.3, 0.4) is 0 Å². The quantitative estimate of drug-likeness (QED) is 0.116. The lowest BCUT2D eigenvalue weighted by Gasteiger charge is -2.24. The molecule has 3 rings (SSSR count). The molecule has 1 aliphatic heterocycles. The average molecular weight is 643 g/mol. The molecule has 1 aliphatic rings. The van der Waals surface area contributed by atoms with Gasteiger partial charge in [-0.1, -0.05) is 45.9 Å². The molecule has 17 heteroatoms. The van der Waals surface area contributed by atoms with Crippen molar-refractivity contribution in [3.63, 3.8) is 0 Å². The largest absolute Gasteiger partial charge is 0.368 e. The summed E-state index contributed by atoms with van der Waals surface area (Å²) in [6.07, 6.45) is 0.0685. The molecular weight excluding hydrogens is 612 g/mol. The van der Waals surface area contributed by atoms with Gasteiger partial charge in [-0.25, -0.2) is 0 Å². The minimum Gasteiger partial charge on any atom is -0.368 e. The van der Waals surface area contributed by atoms with Gasteiger partial charge in [-0.15, -0.1) is 0 Å². The molecule has 0 aliphatic carbocycles. The molecule has 0 radical (unpaired) electrons. The number of rotatable bonds is 8. The maximum absolute atomic E-state index is 13.1. The highest BCUT2D eigenvalue weighted by Gasteiger charge is 2.29. The Bertz CT molecular complexity index is 1430. The van der Waals surface area contributed by atoms with E-state index in [0.717, 1.165) is 21.6 Å². The molecule has 1 fully saturated rings. The molecule has 0 bridgehead atoms. The number of nitrogens with one attached hydrogen (secondary N) is 4. The Morgan fingerprint density at radius 3 is 2.27 bits per heavy atom. The Kier molecular flexibility index (Phi) is 12.5. The van der Waals surface area contributed by atoms with Crippen LogP contribution in [0.4, 0.5) is 5.69 Å². The fourth-order valence-corrected chi connectivity index (χ4v) is 6.30. The highest BCUT2D eigenvalue weighted by molar-refractivity contribution is 8.76. The van der Waals surface area contributed by atoms with E-state index in [2.05, 4.69) is 21.3 Å². The van der Waals surface area contributed by atoms with Crippen LogP contribution in [0.2, 0.25) is 0 Å². The molecule has 2 aromatic carbocycles. The minimum absolute atomic E-state index is 0.0183. The van der Waals surface area contributed by atoms with Gasteiger partial charge >= 0.3 is 0 Å². The number of amides is 5. The molecule has 0 spiro atoms. The Balaban J connectivity index is 1.71.